The number of nitrogens with zero attached hydrogens (tertiary/aromatic N) is 5. The van der Waals surface area contributed by atoms with Crippen LogP contribution in [0, 0.1) is 0 Å². The van der Waals surface area contributed by atoms with Gasteiger partial charge in [0.1, 0.15) is 6.54 Å². The van der Waals surface area contributed by atoms with Crippen molar-refractivity contribution in [2.45, 2.75) is 29.0 Å². The molecule has 0 aliphatic heterocycles. The van der Waals surface area contributed by atoms with Crippen LogP contribution in [0.4, 0.5) is 0 Å². The minimum Gasteiger partial charge on any atom is -0.461 e. The monoisotopic (exact) mass is 534 g/mol. The molecule has 4 rings (SSSR count). The van der Waals surface area contributed by atoms with E-state index in [1.54, 1.807) is 6.92 Å². The molecule has 4 aromatic rings. The number of primary sulfonamides is 1. The van der Waals surface area contributed by atoms with Crippen LogP contribution in [0.25, 0.3) is 11.5 Å². The summed E-state index contributed by atoms with van der Waals surface area (Å²) in [7, 11) is -4.07. The Morgan fingerprint density at radius 1 is 1.20 bits per heavy atom. The normalized spacial score (nSPS) is 11.5. The number of carbonyl (C=O) groups is 1. The number of ether oxygens (including phenoxy) is 1. The molecule has 0 radical (unpaired) electrons. The van der Waals surface area contributed by atoms with E-state index < -0.39 is 16.0 Å². The summed E-state index contributed by atoms with van der Waals surface area (Å²) in [4.78, 5) is 12.0. The van der Waals surface area contributed by atoms with Crippen LogP contribution in [0.1, 0.15) is 28.9 Å². The van der Waals surface area contributed by atoms with Crippen molar-refractivity contribution in [3.63, 3.8) is 0 Å². The lowest BCUT2D eigenvalue weighted by Gasteiger charge is -2.10. The summed E-state index contributed by atoms with van der Waals surface area (Å²) in [5, 5.41) is 21.2. The molecule has 0 saturated heterocycles. The van der Waals surface area contributed by atoms with Crippen molar-refractivity contribution in [3.05, 3.63) is 70.8 Å². The molecular weight excluding hydrogens is 516 g/mol. The van der Waals surface area contributed by atoms with Crippen molar-refractivity contribution in [3.8, 4) is 11.5 Å². The average Bonchev–Trinajstić information content (AvgIpc) is 3.48. The second-order valence-corrected chi connectivity index (χ2v) is 10.1. The third kappa shape index (κ3) is 6.06. The number of benzene rings is 2. The Morgan fingerprint density at radius 3 is 2.69 bits per heavy atom. The van der Waals surface area contributed by atoms with Gasteiger partial charge in [0.05, 0.1) is 28.3 Å². The molecular formula is C21H19ClN6O5S2. The highest BCUT2D eigenvalue weighted by atomic mass is 35.5. The summed E-state index contributed by atoms with van der Waals surface area (Å²) in [6.07, 6.45) is 1.38. The molecule has 0 unspecified atom stereocenters. The molecule has 0 atom stereocenters. The van der Waals surface area contributed by atoms with Crippen molar-refractivity contribution in [1.82, 2.24) is 25.2 Å². The van der Waals surface area contributed by atoms with E-state index in [9.17, 15) is 13.2 Å². The van der Waals surface area contributed by atoms with E-state index in [1.807, 2.05) is 30.3 Å². The van der Waals surface area contributed by atoms with Gasteiger partial charge in [0.15, 0.2) is 5.69 Å². The summed E-state index contributed by atoms with van der Waals surface area (Å²) in [6, 6.07) is 12.4. The van der Waals surface area contributed by atoms with E-state index in [0.717, 1.165) is 5.56 Å². The fourth-order valence-corrected chi connectivity index (χ4v) is 5.38. The van der Waals surface area contributed by atoms with Crippen LogP contribution in [0.5, 0.6) is 0 Å². The maximum absolute atomic E-state index is 12.3. The van der Waals surface area contributed by atoms with Crippen LogP contribution < -0.4 is 5.14 Å². The number of thioether (sulfide) groups is 1. The first-order chi connectivity index (χ1) is 16.7. The molecule has 2 N–H and O–H groups in total. The second-order valence-electron chi connectivity index (χ2n) is 7.12. The van der Waals surface area contributed by atoms with Crippen LogP contribution in [-0.4, -0.2) is 46.2 Å². The van der Waals surface area contributed by atoms with E-state index in [2.05, 4.69) is 20.5 Å². The van der Waals surface area contributed by atoms with Gasteiger partial charge in [0.2, 0.25) is 21.8 Å². The number of hydrogen-bond acceptors (Lipinski definition) is 10. The third-order valence-electron chi connectivity index (χ3n) is 4.59. The molecule has 0 bridgehead atoms. The topological polar surface area (TPSA) is 156 Å². The van der Waals surface area contributed by atoms with E-state index in [-0.39, 0.29) is 46.1 Å². The maximum Gasteiger partial charge on any atom is 0.360 e. The zero-order valence-corrected chi connectivity index (χ0v) is 20.7. The van der Waals surface area contributed by atoms with Crippen molar-refractivity contribution < 1.29 is 22.4 Å². The van der Waals surface area contributed by atoms with Gasteiger partial charge in [0.25, 0.3) is 0 Å². The minimum atomic E-state index is -4.07. The number of nitrogens with two attached hydrogens (primary N) is 1. The molecule has 14 heteroatoms. The maximum atomic E-state index is 12.3. The molecule has 0 aliphatic rings. The molecule has 0 amide bonds. The van der Waals surface area contributed by atoms with Gasteiger partial charge in [-0.1, -0.05) is 47.1 Å². The lowest BCUT2D eigenvalue weighted by atomic mass is 10.2. The van der Waals surface area contributed by atoms with Gasteiger partial charge in [-0.2, -0.15) is 0 Å². The Labute approximate surface area is 209 Å². The number of sulfonamides is 1. The number of rotatable bonds is 9. The number of halogens is 1. The molecule has 2 heterocycles. The van der Waals surface area contributed by atoms with Crippen LogP contribution in [0.2, 0.25) is 5.02 Å². The highest BCUT2D eigenvalue weighted by Gasteiger charge is 2.22. The van der Waals surface area contributed by atoms with Crippen molar-refractivity contribution >= 4 is 39.4 Å². The SMILES string of the molecule is CCOC(=O)c1cn(Cc2nnc(-c3cc(S(N)(=O)=O)c(SCc4ccccc4)cc3Cl)o2)nn1. The van der Waals surface area contributed by atoms with Crippen molar-refractivity contribution in [1.29, 1.82) is 0 Å². The number of aromatic nitrogens is 5. The standard InChI is InChI=1S/C21H19ClN6O5S2/c1-2-32-21(29)16-10-28(27-24-16)11-19-25-26-20(33-19)14-8-18(35(23,30)31)17(9-15(14)22)34-12-13-6-4-3-5-7-13/h3-10H,2,11-12H2,1H3,(H2,23,30,31). The average molecular weight is 535 g/mol. The summed E-state index contributed by atoms with van der Waals surface area (Å²) in [5.41, 5.74) is 1.26. The Hall–Kier alpha value is -3.26. The molecule has 11 nitrogen and oxygen atoms in total. The van der Waals surface area contributed by atoms with Crippen LogP contribution in [0.15, 0.2) is 62.9 Å². The molecule has 182 valence electrons. The summed E-state index contributed by atoms with van der Waals surface area (Å²) >= 11 is 7.74. The molecule has 0 fully saturated rings. The van der Waals surface area contributed by atoms with Crippen molar-refractivity contribution in [2.75, 3.05) is 6.61 Å². The van der Waals surface area contributed by atoms with Gasteiger partial charge in [-0.3, -0.25) is 0 Å². The van der Waals surface area contributed by atoms with Gasteiger partial charge in [-0.05, 0) is 24.6 Å². The lowest BCUT2D eigenvalue weighted by Crippen LogP contribution is -2.13. The number of esters is 1. The Morgan fingerprint density at radius 2 is 1.97 bits per heavy atom. The molecule has 2 aromatic heterocycles. The second kappa shape index (κ2) is 10.6. The van der Waals surface area contributed by atoms with E-state index >= 15 is 0 Å². The van der Waals surface area contributed by atoms with Gasteiger partial charge in [-0.15, -0.1) is 27.1 Å². The molecule has 0 spiro atoms. The first-order valence-electron chi connectivity index (χ1n) is 10.2. The molecule has 35 heavy (non-hydrogen) atoms. The van der Waals surface area contributed by atoms with Gasteiger partial charge in [0, 0.05) is 10.6 Å². The third-order valence-corrected chi connectivity index (χ3v) is 7.11. The Balaban J connectivity index is 1.58. The largest absolute Gasteiger partial charge is 0.461 e. The van der Waals surface area contributed by atoms with Crippen molar-refractivity contribution in [2.24, 2.45) is 5.14 Å². The van der Waals surface area contributed by atoms with Gasteiger partial charge < -0.3 is 9.15 Å². The Kier molecular flexibility index (Phi) is 7.50. The Bertz CT molecular complexity index is 1460. The first-order valence-corrected chi connectivity index (χ1v) is 13.1. The quantitative estimate of drug-likeness (QED) is 0.250. The predicted octanol–water partition coefficient (Wildman–Crippen LogP) is 3.15. The fourth-order valence-electron chi connectivity index (χ4n) is 3.01. The van der Waals surface area contributed by atoms with Crippen LogP contribution in [-0.2, 0) is 27.1 Å². The molecule has 2 aromatic carbocycles. The van der Waals surface area contributed by atoms with E-state index in [0.29, 0.717) is 10.6 Å². The van der Waals surface area contributed by atoms with E-state index in [1.165, 1.54) is 34.8 Å². The summed E-state index contributed by atoms with van der Waals surface area (Å²) in [6.45, 7) is 1.91. The van der Waals surface area contributed by atoms with Crippen LogP contribution in [0.3, 0.4) is 0 Å². The molecule has 0 aliphatic carbocycles. The summed E-state index contributed by atoms with van der Waals surface area (Å²) in [5.74, 6) is 0.0592. The predicted molar refractivity (Wildman–Crippen MR) is 127 cm³/mol. The van der Waals surface area contributed by atoms with E-state index in [4.69, 9.17) is 25.9 Å². The zero-order chi connectivity index (χ0) is 25.0. The fraction of sp³-hybridized carbons (Fsp3) is 0.190. The molecule has 0 saturated carbocycles. The zero-order valence-electron chi connectivity index (χ0n) is 18.3. The van der Waals surface area contributed by atoms with Gasteiger partial charge >= 0.3 is 5.97 Å². The highest BCUT2D eigenvalue weighted by Crippen LogP contribution is 2.37. The van der Waals surface area contributed by atoms with Crippen LogP contribution >= 0.6 is 23.4 Å². The van der Waals surface area contributed by atoms with Gasteiger partial charge in [-0.25, -0.2) is 23.0 Å². The number of hydrogen-bond donors (Lipinski definition) is 1. The highest BCUT2D eigenvalue weighted by molar-refractivity contribution is 7.99. The minimum absolute atomic E-state index is 0.000223. The first kappa shape index (κ1) is 24.9. The number of carbonyl (C=O) groups excluding carboxylic acids is 1. The lowest BCUT2D eigenvalue weighted by molar-refractivity contribution is 0.0519. The summed E-state index contributed by atoms with van der Waals surface area (Å²) < 4.78 is 36.5. The smallest absolute Gasteiger partial charge is 0.360 e.